The number of hydrogen-bond donors (Lipinski definition) is 1. The van der Waals surface area contributed by atoms with Crippen LogP contribution in [0.3, 0.4) is 0 Å². The number of amides is 1. The van der Waals surface area contributed by atoms with E-state index in [4.69, 9.17) is 4.52 Å². The Labute approximate surface area is 174 Å². The van der Waals surface area contributed by atoms with Gasteiger partial charge in [0.05, 0.1) is 10.8 Å². The van der Waals surface area contributed by atoms with Gasteiger partial charge in [0, 0.05) is 16.0 Å². The number of nitrogens with one attached hydrogen (secondary N) is 1. The Hall–Kier alpha value is -3.78. The Kier molecular flexibility index (Phi) is 4.22. The van der Waals surface area contributed by atoms with Crippen molar-refractivity contribution >= 4 is 38.4 Å². The molecule has 148 valence electrons. The fourth-order valence-corrected chi connectivity index (χ4v) is 4.36. The average molecular weight is 416 g/mol. The Morgan fingerprint density at radius 3 is 2.73 bits per heavy atom. The van der Waals surface area contributed by atoms with E-state index in [-0.39, 0.29) is 5.56 Å². The molecule has 0 bridgehead atoms. The largest absolute Gasteiger partial charge is 0.355 e. The molecule has 0 aliphatic rings. The molecule has 0 saturated heterocycles. The summed E-state index contributed by atoms with van der Waals surface area (Å²) < 4.78 is 6.62. The van der Waals surface area contributed by atoms with Crippen molar-refractivity contribution in [2.75, 3.05) is 5.43 Å². The van der Waals surface area contributed by atoms with Crippen molar-refractivity contribution in [3.8, 4) is 11.3 Å². The van der Waals surface area contributed by atoms with Crippen LogP contribution in [-0.2, 0) is 0 Å². The molecular weight excluding hydrogens is 400 g/mol. The molecule has 30 heavy (non-hydrogen) atoms. The molecule has 0 unspecified atom stereocenters. The summed E-state index contributed by atoms with van der Waals surface area (Å²) in [6, 6.07) is 14.6. The van der Waals surface area contributed by atoms with Crippen LogP contribution in [0.15, 0.2) is 64.2 Å². The topological polar surface area (TPSA) is 90.0 Å². The molecule has 1 amide bonds. The zero-order valence-electron chi connectivity index (χ0n) is 16.2. The van der Waals surface area contributed by atoms with Crippen LogP contribution in [0.4, 0.5) is 0 Å². The number of rotatable bonds is 3. The molecule has 0 saturated carbocycles. The van der Waals surface area contributed by atoms with Crippen molar-refractivity contribution in [1.82, 2.24) is 14.8 Å². The summed E-state index contributed by atoms with van der Waals surface area (Å²) in [5.41, 5.74) is 5.11. The highest BCUT2D eigenvalue weighted by atomic mass is 32.1. The molecule has 1 N–H and O–H groups in total. The molecule has 3 heterocycles. The lowest BCUT2D eigenvalue weighted by Crippen LogP contribution is -2.33. The van der Waals surface area contributed by atoms with Crippen LogP contribution in [0.2, 0.25) is 0 Å². The van der Waals surface area contributed by atoms with E-state index in [0.717, 1.165) is 26.1 Å². The lowest BCUT2D eigenvalue weighted by atomic mass is 10.1. The molecule has 0 aliphatic heterocycles. The van der Waals surface area contributed by atoms with Crippen LogP contribution < -0.4 is 11.0 Å². The minimum Gasteiger partial charge on any atom is -0.355 e. The third-order valence-corrected chi connectivity index (χ3v) is 6.20. The smallest absolute Gasteiger partial charge is 0.281 e. The van der Waals surface area contributed by atoms with Crippen LogP contribution >= 0.6 is 11.3 Å². The van der Waals surface area contributed by atoms with Gasteiger partial charge in [-0.2, -0.15) is 0 Å². The Bertz CT molecular complexity index is 1480. The second-order valence-electron chi connectivity index (χ2n) is 6.93. The first-order chi connectivity index (χ1) is 14.5. The van der Waals surface area contributed by atoms with Gasteiger partial charge in [0.2, 0.25) is 0 Å². The summed E-state index contributed by atoms with van der Waals surface area (Å²) >= 11 is 1.46. The standard InChI is InChI=1S/C22H16N4O3S/c1-12-13(2)30-21-18(12)22(28)26(11-23-21)24-20(27)15-8-9-17-16(10-15)19(29-25-17)14-6-4-3-5-7-14/h3-11H,1-2H3,(H,24,27). The third kappa shape index (κ3) is 2.89. The van der Waals surface area contributed by atoms with Gasteiger partial charge in [0.25, 0.3) is 11.5 Å². The van der Waals surface area contributed by atoms with Gasteiger partial charge in [-0.1, -0.05) is 35.5 Å². The lowest BCUT2D eigenvalue weighted by Gasteiger charge is -2.08. The monoisotopic (exact) mass is 416 g/mol. The molecule has 0 fully saturated rings. The second-order valence-corrected chi connectivity index (χ2v) is 8.14. The number of aryl methyl sites for hydroxylation is 2. The number of carbonyl (C=O) groups is 1. The average Bonchev–Trinajstić information content (AvgIpc) is 3.31. The number of carbonyl (C=O) groups excluding carboxylic acids is 1. The molecule has 3 aromatic heterocycles. The van der Waals surface area contributed by atoms with Gasteiger partial charge in [0.1, 0.15) is 16.7 Å². The molecule has 0 spiro atoms. The summed E-state index contributed by atoms with van der Waals surface area (Å²) in [5, 5.41) is 5.32. The lowest BCUT2D eigenvalue weighted by molar-refractivity contribution is 0.101. The quantitative estimate of drug-likeness (QED) is 0.474. The first-order valence-corrected chi connectivity index (χ1v) is 10.1. The Balaban J connectivity index is 1.53. The highest BCUT2D eigenvalue weighted by molar-refractivity contribution is 7.18. The second kappa shape index (κ2) is 6.93. The van der Waals surface area contributed by atoms with Gasteiger partial charge in [0.15, 0.2) is 5.76 Å². The summed E-state index contributed by atoms with van der Waals surface area (Å²) in [5.74, 6) is 0.162. The molecule has 0 atom stereocenters. The predicted octanol–water partition coefficient (Wildman–Crippen LogP) is 4.27. The van der Waals surface area contributed by atoms with Gasteiger partial charge >= 0.3 is 0 Å². The fraction of sp³-hybridized carbons (Fsp3) is 0.0909. The molecule has 5 rings (SSSR count). The number of fused-ring (bicyclic) bond motifs is 2. The molecule has 8 heteroatoms. The normalized spacial score (nSPS) is 11.3. The maximum atomic E-state index is 12.9. The number of aromatic nitrogens is 3. The molecule has 2 aromatic carbocycles. The predicted molar refractivity (Wildman–Crippen MR) is 116 cm³/mol. The number of nitrogens with zero attached hydrogens (tertiary/aromatic N) is 3. The SMILES string of the molecule is Cc1sc2ncn(NC(=O)c3ccc4noc(-c5ccccc5)c4c3)c(=O)c2c1C. The highest BCUT2D eigenvalue weighted by Crippen LogP contribution is 2.29. The maximum absolute atomic E-state index is 12.9. The van der Waals surface area contributed by atoms with Crippen LogP contribution in [0, 0.1) is 13.8 Å². The molecule has 7 nitrogen and oxygen atoms in total. The van der Waals surface area contributed by atoms with Crippen molar-refractivity contribution in [2.24, 2.45) is 0 Å². The summed E-state index contributed by atoms with van der Waals surface area (Å²) in [6.45, 7) is 3.83. The molecular formula is C22H16N4O3S. The van der Waals surface area contributed by atoms with Crippen molar-refractivity contribution in [3.63, 3.8) is 0 Å². The van der Waals surface area contributed by atoms with E-state index in [1.54, 1.807) is 18.2 Å². The third-order valence-electron chi connectivity index (χ3n) is 5.09. The number of thiophene rings is 1. The minimum absolute atomic E-state index is 0.300. The van der Waals surface area contributed by atoms with Crippen LogP contribution in [0.5, 0.6) is 0 Å². The van der Waals surface area contributed by atoms with Crippen molar-refractivity contribution < 1.29 is 9.32 Å². The van der Waals surface area contributed by atoms with E-state index in [1.807, 2.05) is 44.2 Å². The van der Waals surface area contributed by atoms with Crippen LogP contribution in [0.1, 0.15) is 20.8 Å². The van der Waals surface area contributed by atoms with E-state index in [9.17, 15) is 9.59 Å². The summed E-state index contributed by atoms with van der Waals surface area (Å²) in [7, 11) is 0. The van der Waals surface area contributed by atoms with Crippen molar-refractivity contribution in [3.05, 3.63) is 81.2 Å². The van der Waals surface area contributed by atoms with E-state index in [0.29, 0.717) is 27.1 Å². The summed E-state index contributed by atoms with van der Waals surface area (Å²) in [4.78, 5) is 31.7. The van der Waals surface area contributed by atoms with E-state index < -0.39 is 5.91 Å². The first kappa shape index (κ1) is 18.3. The van der Waals surface area contributed by atoms with Gasteiger partial charge < -0.3 is 4.52 Å². The Morgan fingerprint density at radius 1 is 1.13 bits per heavy atom. The van der Waals surface area contributed by atoms with Crippen molar-refractivity contribution in [2.45, 2.75) is 13.8 Å². The zero-order valence-corrected chi connectivity index (χ0v) is 17.0. The first-order valence-electron chi connectivity index (χ1n) is 9.26. The molecule has 5 aromatic rings. The van der Waals surface area contributed by atoms with Gasteiger partial charge in [-0.05, 0) is 37.6 Å². The van der Waals surface area contributed by atoms with Gasteiger partial charge in [-0.3, -0.25) is 15.0 Å². The summed E-state index contributed by atoms with van der Waals surface area (Å²) in [6.07, 6.45) is 1.34. The molecule has 0 radical (unpaired) electrons. The van der Waals surface area contributed by atoms with E-state index in [2.05, 4.69) is 15.6 Å². The van der Waals surface area contributed by atoms with E-state index in [1.165, 1.54) is 17.7 Å². The van der Waals surface area contributed by atoms with Crippen LogP contribution in [0.25, 0.3) is 32.4 Å². The van der Waals surface area contributed by atoms with Gasteiger partial charge in [-0.25, -0.2) is 9.66 Å². The fourth-order valence-electron chi connectivity index (χ4n) is 3.37. The zero-order chi connectivity index (χ0) is 20.8. The minimum atomic E-state index is -0.426. The van der Waals surface area contributed by atoms with E-state index >= 15 is 0 Å². The number of hydrogen-bond acceptors (Lipinski definition) is 6. The molecule has 0 aliphatic carbocycles. The maximum Gasteiger partial charge on any atom is 0.281 e. The van der Waals surface area contributed by atoms with Crippen LogP contribution in [-0.4, -0.2) is 20.7 Å². The van der Waals surface area contributed by atoms with Crippen molar-refractivity contribution in [1.29, 1.82) is 0 Å². The number of benzene rings is 2. The highest BCUT2D eigenvalue weighted by Gasteiger charge is 2.16. The Morgan fingerprint density at radius 2 is 1.93 bits per heavy atom. The van der Waals surface area contributed by atoms with Gasteiger partial charge in [-0.15, -0.1) is 11.3 Å².